The minimum absolute atomic E-state index is 0.537. The number of ether oxygens (including phenoxy) is 1. The number of thioether (sulfide) groups is 1. The van der Waals surface area contributed by atoms with Gasteiger partial charge in [-0.1, -0.05) is 26.0 Å². The second kappa shape index (κ2) is 9.42. The summed E-state index contributed by atoms with van der Waals surface area (Å²) >= 11 is 1.94. The van der Waals surface area contributed by atoms with E-state index in [1.165, 1.54) is 22.6 Å². The quantitative estimate of drug-likeness (QED) is 0.544. The monoisotopic (exact) mass is 267 g/mol. The number of unbranched alkanes of at least 4 members (excludes halogenated alkanes) is 1. The van der Waals surface area contributed by atoms with Crippen LogP contribution in [-0.4, -0.2) is 25.5 Å². The second-order valence-electron chi connectivity index (χ2n) is 4.73. The lowest BCUT2D eigenvalue weighted by atomic mass is 10.2. The summed E-state index contributed by atoms with van der Waals surface area (Å²) in [5, 5.41) is 3.45. The Balaban J connectivity index is 2.30. The molecule has 0 aliphatic rings. The lowest BCUT2D eigenvalue weighted by Gasteiger charge is -2.09. The number of hydrogen-bond donors (Lipinski definition) is 1. The minimum Gasteiger partial charge on any atom is -0.385 e. The van der Waals surface area contributed by atoms with Crippen molar-refractivity contribution in [1.29, 1.82) is 0 Å². The molecule has 0 fully saturated rings. The third-order valence-corrected chi connectivity index (χ3v) is 3.70. The molecule has 0 heterocycles. The Hall–Kier alpha value is -0.510. The van der Waals surface area contributed by atoms with Crippen LogP contribution in [-0.2, 0) is 11.3 Å². The maximum absolute atomic E-state index is 5.05. The number of benzene rings is 1. The molecule has 0 saturated heterocycles. The zero-order valence-corrected chi connectivity index (χ0v) is 12.6. The molecule has 0 aliphatic heterocycles. The normalized spacial score (nSPS) is 11.1. The molecule has 1 rings (SSSR count). The van der Waals surface area contributed by atoms with Crippen molar-refractivity contribution in [2.75, 3.05) is 19.5 Å². The van der Waals surface area contributed by atoms with Crippen LogP contribution in [0.2, 0.25) is 0 Å². The van der Waals surface area contributed by atoms with Gasteiger partial charge in [-0.3, -0.25) is 0 Å². The molecule has 0 atom stereocenters. The van der Waals surface area contributed by atoms with Crippen LogP contribution in [0.3, 0.4) is 0 Å². The van der Waals surface area contributed by atoms with Crippen molar-refractivity contribution in [2.45, 2.75) is 44.2 Å². The summed E-state index contributed by atoms with van der Waals surface area (Å²) in [6.07, 6.45) is 2.37. The van der Waals surface area contributed by atoms with Crippen molar-refractivity contribution in [1.82, 2.24) is 5.32 Å². The minimum atomic E-state index is 0.537. The van der Waals surface area contributed by atoms with E-state index in [9.17, 15) is 0 Å². The molecule has 102 valence electrons. The van der Waals surface area contributed by atoms with Crippen LogP contribution in [0.4, 0.5) is 0 Å². The van der Waals surface area contributed by atoms with Gasteiger partial charge >= 0.3 is 0 Å². The molecular weight excluding hydrogens is 242 g/mol. The predicted octanol–water partition coefficient (Wildman–Crippen LogP) is 3.70. The largest absolute Gasteiger partial charge is 0.385 e. The van der Waals surface area contributed by atoms with Gasteiger partial charge in [-0.2, -0.15) is 0 Å². The first kappa shape index (κ1) is 15.5. The molecule has 0 amide bonds. The van der Waals surface area contributed by atoms with Gasteiger partial charge in [0.1, 0.15) is 0 Å². The van der Waals surface area contributed by atoms with Crippen LogP contribution in [0.25, 0.3) is 0 Å². The van der Waals surface area contributed by atoms with Gasteiger partial charge in [0, 0.05) is 31.2 Å². The molecule has 3 heteroatoms. The lowest BCUT2D eigenvalue weighted by Crippen LogP contribution is -2.21. The zero-order chi connectivity index (χ0) is 13.2. The van der Waals surface area contributed by atoms with E-state index in [0.717, 1.165) is 19.6 Å². The molecule has 0 unspecified atom stereocenters. The summed E-state index contributed by atoms with van der Waals surface area (Å²) in [6, 6.07) is 9.35. The summed E-state index contributed by atoms with van der Waals surface area (Å²) in [4.78, 5) is 1.37. The first-order valence-corrected chi connectivity index (χ1v) is 7.65. The average Bonchev–Trinajstić information content (AvgIpc) is 2.37. The fourth-order valence-corrected chi connectivity index (χ4v) is 2.60. The maximum atomic E-state index is 5.05. The third-order valence-electron chi connectivity index (χ3n) is 2.62. The Kier molecular flexibility index (Phi) is 8.14. The smallest absolute Gasteiger partial charge is 0.0462 e. The van der Waals surface area contributed by atoms with E-state index in [4.69, 9.17) is 4.74 Å². The topological polar surface area (TPSA) is 21.3 Å². The first-order valence-electron chi connectivity index (χ1n) is 6.66. The van der Waals surface area contributed by atoms with Crippen LogP contribution in [0.15, 0.2) is 29.2 Å². The summed E-state index contributed by atoms with van der Waals surface area (Å²) in [5.41, 5.74) is 1.37. The highest BCUT2D eigenvalue weighted by Gasteiger charge is 1.98. The van der Waals surface area contributed by atoms with Gasteiger partial charge in [0.15, 0.2) is 0 Å². The fraction of sp³-hybridized carbons (Fsp3) is 0.600. The first-order chi connectivity index (χ1) is 8.72. The van der Waals surface area contributed by atoms with E-state index in [2.05, 4.69) is 43.4 Å². The van der Waals surface area contributed by atoms with Crippen LogP contribution < -0.4 is 5.32 Å². The standard InChI is InChI=1S/C15H25NOS/c1-13(2)16-12-14-7-6-8-15(11-14)18-10-5-4-9-17-3/h6-8,11,13,16H,4-5,9-10,12H2,1-3H3. The van der Waals surface area contributed by atoms with Gasteiger partial charge in [-0.05, 0) is 36.3 Å². The van der Waals surface area contributed by atoms with Gasteiger partial charge < -0.3 is 10.1 Å². The Labute approximate surface area is 116 Å². The third kappa shape index (κ3) is 7.04. The second-order valence-corrected chi connectivity index (χ2v) is 5.90. The molecule has 0 aliphatic carbocycles. The summed E-state index contributed by atoms with van der Waals surface area (Å²) in [7, 11) is 1.76. The van der Waals surface area contributed by atoms with E-state index in [1.807, 2.05) is 11.8 Å². The molecule has 0 radical (unpaired) electrons. The lowest BCUT2D eigenvalue weighted by molar-refractivity contribution is 0.194. The molecule has 0 spiro atoms. The van der Waals surface area contributed by atoms with Crippen molar-refractivity contribution in [3.8, 4) is 0 Å². The highest BCUT2D eigenvalue weighted by atomic mass is 32.2. The zero-order valence-electron chi connectivity index (χ0n) is 11.7. The highest BCUT2D eigenvalue weighted by molar-refractivity contribution is 7.99. The number of methoxy groups -OCH3 is 1. The SMILES string of the molecule is COCCCCSc1cccc(CNC(C)C)c1. The Morgan fingerprint density at radius 1 is 1.28 bits per heavy atom. The molecular formula is C15H25NOS. The number of hydrogen-bond acceptors (Lipinski definition) is 3. The molecule has 0 aromatic heterocycles. The number of rotatable bonds is 9. The van der Waals surface area contributed by atoms with Crippen molar-refractivity contribution in [2.24, 2.45) is 0 Å². The van der Waals surface area contributed by atoms with Gasteiger partial charge in [0.2, 0.25) is 0 Å². The molecule has 0 bridgehead atoms. The molecule has 1 aromatic carbocycles. The Bertz CT molecular complexity index is 328. The predicted molar refractivity (Wildman–Crippen MR) is 80.3 cm³/mol. The van der Waals surface area contributed by atoms with Crippen molar-refractivity contribution >= 4 is 11.8 Å². The van der Waals surface area contributed by atoms with E-state index in [-0.39, 0.29) is 0 Å². The Morgan fingerprint density at radius 2 is 2.11 bits per heavy atom. The van der Waals surface area contributed by atoms with Crippen LogP contribution in [0.1, 0.15) is 32.3 Å². The van der Waals surface area contributed by atoms with E-state index in [1.54, 1.807) is 7.11 Å². The van der Waals surface area contributed by atoms with Crippen molar-refractivity contribution in [3.63, 3.8) is 0 Å². The Morgan fingerprint density at radius 3 is 2.83 bits per heavy atom. The van der Waals surface area contributed by atoms with Gasteiger partial charge in [-0.15, -0.1) is 11.8 Å². The van der Waals surface area contributed by atoms with Crippen molar-refractivity contribution in [3.05, 3.63) is 29.8 Å². The van der Waals surface area contributed by atoms with Crippen LogP contribution in [0, 0.1) is 0 Å². The van der Waals surface area contributed by atoms with Crippen molar-refractivity contribution < 1.29 is 4.74 Å². The average molecular weight is 267 g/mol. The molecule has 1 aromatic rings. The maximum Gasteiger partial charge on any atom is 0.0462 e. The molecule has 0 saturated carbocycles. The molecule has 1 N–H and O–H groups in total. The van der Waals surface area contributed by atoms with Gasteiger partial charge in [0.05, 0.1) is 0 Å². The fourth-order valence-electron chi connectivity index (χ4n) is 1.61. The van der Waals surface area contributed by atoms with E-state index < -0.39 is 0 Å². The summed E-state index contributed by atoms with van der Waals surface area (Å²) in [6.45, 7) is 6.18. The summed E-state index contributed by atoms with van der Waals surface area (Å²) < 4.78 is 5.05. The van der Waals surface area contributed by atoms with E-state index in [0.29, 0.717) is 6.04 Å². The highest BCUT2D eigenvalue weighted by Crippen LogP contribution is 2.20. The molecule has 18 heavy (non-hydrogen) atoms. The van der Waals surface area contributed by atoms with Gasteiger partial charge in [-0.25, -0.2) is 0 Å². The van der Waals surface area contributed by atoms with Gasteiger partial charge in [0.25, 0.3) is 0 Å². The van der Waals surface area contributed by atoms with Crippen LogP contribution in [0.5, 0.6) is 0 Å². The summed E-state index contributed by atoms with van der Waals surface area (Å²) in [5.74, 6) is 1.17. The van der Waals surface area contributed by atoms with E-state index >= 15 is 0 Å². The molecule has 2 nitrogen and oxygen atoms in total. The number of nitrogens with one attached hydrogen (secondary N) is 1. The van der Waals surface area contributed by atoms with Crippen LogP contribution >= 0.6 is 11.8 Å².